The minimum atomic E-state index is 0.492. The number of anilines is 2. The first-order valence-corrected chi connectivity index (χ1v) is 7.41. The van der Waals surface area contributed by atoms with Gasteiger partial charge in [0.1, 0.15) is 11.9 Å². The standard InChI is InChI=1S/C18H13N5O/c24-11-12-1-3-13(4-2-12)22-18-21-10-7-16(23-18)14-5-8-19-17-15(14)6-9-20-17/h1-11H,(H,19,20)(H,21,22,23). The summed E-state index contributed by atoms with van der Waals surface area (Å²) in [5, 5.41) is 4.16. The molecule has 0 amide bonds. The highest BCUT2D eigenvalue weighted by molar-refractivity contribution is 5.91. The Labute approximate surface area is 137 Å². The van der Waals surface area contributed by atoms with Gasteiger partial charge in [0.25, 0.3) is 0 Å². The number of nitrogens with one attached hydrogen (secondary N) is 2. The zero-order valence-corrected chi connectivity index (χ0v) is 12.6. The van der Waals surface area contributed by atoms with Gasteiger partial charge in [0, 0.05) is 40.8 Å². The second-order valence-electron chi connectivity index (χ2n) is 5.23. The number of rotatable bonds is 4. The SMILES string of the molecule is O=Cc1ccc(Nc2nccc(-c3ccnc4[nH]ccc34)n2)cc1. The van der Waals surface area contributed by atoms with Gasteiger partial charge >= 0.3 is 0 Å². The molecule has 3 aromatic heterocycles. The van der Waals surface area contributed by atoms with Crippen LogP contribution in [0.4, 0.5) is 11.6 Å². The average Bonchev–Trinajstić information content (AvgIpc) is 3.11. The summed E-state index contributed by atoms with van der Waals surface area (Å²) >= 11 is 0. The number of aromatic amines is 1. The van der Waals surface area contributed by atoms with Crippen LogP contribution in [0, 0.1) is 0 Å². The second kappa shape index (κ2) is 5.92. The molecule has 1 aromatic carbocycles. The molecule has 0 saturated carbocycles. The van der Waals surface area contributed by atoms with Crippen LogP contribution in [0.3, 0.4) is 0 Å². The zero-order chi connectivity index (χ0) is 16.4. The number of hydrogen-bond acceptors (Lipinski definition) is 5. The Morgan fingerprint density at radius 3 is 2.62 bits per heavy atom. The highest BCUT2D eigenvalue weighted by Gasteiger charge is 2.08. The highest BCUT2D eigenvalue weighted by atomic mass is 16.1. The van der Waals surface area contributed by atoms with Gasteiger partial charge in [0.15, 0.2) is 0 Å². The monoisotopic (exact) mass is 315 g/mol. The number of pyridine rings is 1. The number of aromatic nitrogens is 4. The van der Waals surface area contributed by atoms with E-state index in [0.29, 0.717) is 11.5 Å². The lowest BCUT2D eigenvalue weighted by molar-refractivity contribution is 0.112. The van der Waals surface area contributed by atoms with Crippen LogP contribution in [-0.4, -0.2) is 26.2 Å². The van der Waals surface area contributed by atoms with Crippen LogP contribution in [-0.2, 0) is 0 Å². The number of fused-ring (bicyclic) bond motifs is 1. The average molecular weight is 315 g/mol. The molecule has 3 heterocycles. The van der Waals surface area contributed by atoms with E-state index in [0.717, 1.165) is 34.3 Å². The van der Waals surface area contributed by atoms with Gasteiger partial charge in [-0.05, 0) is 42.5 Å². The zero-order valence-electron chi connectivity index (χ0n) is 12.6. The first kappa shape index (κ1) is 14.1. The molecule has 0 atom stereocenters. The minimum absolute atomic E-state index is 0.492. The van der Waals surface area contributed by atoms with Crippen LogP contribution in [0.25, 0.3) is 22.3 Å². The molecule has 0 aliphatic heterocycles. The van der Waals surface area contributed by atoms with E-state index >= 15 is 0 Å². The maximum absolute atomic E-state index is 10.7. The lowest BCUT2D eigenvalue weighted by Gasteiger charge is -2.07. The predicted octanol–water partition coefficient (Wildman–Crippen LogP) is 3.58. The molecule has 0 spiro atoms. The second-order valence-corrected chi connectivity index (χ2v) is 5.23. The third-order valence-corrected chi connectivity index (χ3v) is 3.69. The molecule has 0 unspecified atom stereocenters. The minimum Gasteiger partial charge on any atom is -0.346 e. The molecule has 116 valence electrons. The third kappa shape index (κ3) is 2.61. The lowest BCUT2D eigenvalue weighted by atomic mass is 10.1. The molecular weight excluding hydrogens is 302 g/mol. The van der Waals surface area contributed by atoms with Crippen molar-refractivity contribution in [3.63, 3.8) is 0 Å². The fraction of sp³-hybridized carbons (Fsp3) is 0. The number of benzene rings is 1. The Morgan fingerprint density at radius 1 is 0.958 bits per heavy atom. The molecule has 2 N–H and O–H groups in total. The van der Waals surface area contributed by atoms with Crippen molar-refractivity contribution < 1.29 is 4.79 Å². The van der Waals surface area contributed by atoms with Gasteiger partial charge < -0.3 is 10.3 Å². The summed E-state index contributed by atoms with van der Waals surface area (Å²) in [6, 6.07) is 12.9. The summed E-state index contributed by atoms with van der Waals surface area (Å²) < 4.78 is 0. The van der Waals surface area contributed by atoms with E-state index in [-0.39, 0.29) is 0 Å². The van der Waals surface area contributed by atoms with Crippen LogP contribution in [0.5, 0.6) is 0 Å². The van der Waals surface area contributed by atoms with Crippen molar-refractivity contribution in [2.45, 2.75) is 0 Å². The fourth-order valence-corrected chi connectivity index (χ4v) is 2.53. The number of carbonyl (C=O) groups is 1. The Morgan fingerprint density at radius 2 is 1.79 bits per heavy atom. The summed E-state index contributed by atoms with van der Waals surface area (Å²) in [7, 11) is 0. The molecule has 0 fully saturated rings. The summed E-state index contributed by atoms with van der Waals surface area (Å²) in [4.78, 5) is 26.9. The number of carbonyl (C=O) groups excluding carboxylic acids is 1. The van der Waals surface area contributed by atoms with Crippen molar-refractivity contribution >= 4 is 29.0 Å². The number of aldehydes is 1. The molecule has 4 rings (SSSR count). The van der Waals surface area contributed by atoms with E-state index in [1.54, 1.807) is 24.5 Å². The molecule has 0 radical (unpaired) electrons. The van der Waals surface area contributed by atoms with E-state index in [2.05, 4.69) is 25.3 Å². The van der Waals surface area contributed by atoms with Crippen LogP contribution in [0.15, 0.2) is 61.1 Å². The molecule has 24 heavy (non-hydrogen) atoms. The highest BCUT2D eigenvalue weighted by Crippen LogP contribution is 2.26. The maximum Gasteiger partial charge on any atom is 0.227 e. The molecule has 6 heteroatoms. The van der Waals surface area contributed by atoms with Gasteiger partial charge in [0.05, 0.1) is 5.69 Å². The van der Waals surface area contributed by atoms with E-state index < -0.39 is 0 Å². The Hall–Kier alpha value is -3.54. The Balaban J connectivity index is 1.68. The van der Waals surface area contributed by atoms with Gasteiger partial charge in [0.2, 0.25) is 5.95 Å². The van der Waals surface area contributed by atoms with E-state index in [1.807, 2.05) is 36.5 Å². The quantitative estimate of drug-likeness (QED) is 0.562. The summed E-state index contributed by atoms with van der Waals surface area (Å²) in [5.74, 6) is 0.492. The first-order chi connectivity index (χ1) is 11.8. The molecule has 0 aliphatic rings. The summed E-state index contributed by atoms with van der Waals surface area (Å²) in [5.41, 5.74) is 4.07. The van der Waals surface area contributed by atoms with Crippen molar-refractivity contribution in [1.29, 1.82) is 0 Å². The Kier molecular flexibility index (Phi) is 3.47. The maximum atomic E-state index is 10.7. The number of nitrogens with zero attached hydrogens (tertiary/aromatic N) is 3. The van der Waals surface area contributed by atoms with Gasteiger partial charge in [-0.2, -0.15) is 0 Å². The third-order valence-electron chi connectivity index (χ3n) is 3.69. The normalized spacial score (nSPS) is 10.7. The molecule has 0 bridgehead atoms. The van der Waals surface area contributed by atoms with Crippen LogP contribution in [0.2, 0.25) is 0 Å². The molecule has 0 aliphatic carbocycles. The summed E-state index contributed by atoms with van der Waals surface area (Å²) in [6.07, 6.45) is 6.13. The van der Waals surface area contributed by atoms with Crippen molar-refractivity contribution in [3.05, 3.63) is 66.6 Å². The van der Waals surface area contributed by atoms with Gasteiger partial charge in [-0.25, -0.2) is 15.0 Å². The molecule has 4 aromatic rings. The topological polar surface area (TPSA) is 83.6 Å². The van der Waals surface area contributed by atoms with Gasteiger partial charge in [-0.3, -0.25) is 4.79 Å². The van der Waals surface area contributed by atoms with Gasteiger partial charge in [-0.15, -0.1) is 0 Å². The molecule has 0 saturated heterocycles. The number of hydrogen-bond donors (Lipinski definition) is 2. The smallest absolute Gasteiger partial charge is 0.227 e. The molecule has 6 nitrogen and oxygen atoms in total. The van der Waals surface area contributed by atoms with Crippen molar-refractivity contribution in [3.8, 4) is 11.3 Å². The van der Waals surface area contributed by atoms with Crippen LogP contribution >= 0.6 is 0 Å². The Bertz CT molecular complexity index is 1010. The fourth-order valence-electron chi connectivity index (χ4n) is 2.53. The predicted molar refractivity (Wildman–Crippen MR) is 92.2 cm³/mol. The largest absolute Gasteiger partial charge is 0.346 e. The van der Waals surface area contributed by atoms with Crippen LogP contribution in [0.1, 0.15) is 10.4 Å². The van der Waals surface area contributed by atoms with E-state index in [4.69, 9.17) is 0 Å². The van der Waals surface area contributed by atoms with Crippen LogP contribution < -0.4 is 5.32 Å². The first-order valence-electron chi connectivity index (χ1n) is 7.41. The molecular formula is C18H13N5O. The summed E-state index contributed by atoms with van der Waals surface area (Å²) in [6.45, 7) is 0. The number of H-pyrrole nitrogens is 1. The van der Waals surface area contributed by atoms with Crippen molar-refractivity contribution in [2.24, 2.45) is 0 Å². The lowest BCUT2D eigenvalue weighted by Crippen LogP contribution is -1.98. The van der Waals surface area contributed by atoms with Crippen molar-refractivity contribution in [2.75, 3.05) is 5.32 Å². The van der Waals surface area contributed by atoms with Crippen molar-refractivity contribution in [1.82, 2.24) is 19.9 Å². The van der Waals surface area contributed by atoms with E-state index in [9.17, 15) is 4.79 Å². The van der Waals surface area contributed by atoms with Gasteiger partial charge in [-0.1, -0.05) is 0 Å². The van der Waals surface area contributed by atoms with E-state index in [1.165, 1.54) is 0 Å².